The minimum Gasteiger partial charge on any atom is -0.396 e. The lowest BCUT2D eigenvalue weighted by Crippen LogP contribution is -2.32. The van der Waals surface area contributed by atoms with Crippen LogP contribution in [0.15, 0.2) is 17.0 Å². The van der Waals surface area contributed by atoms with Gasteiger partial charge in [-0.3, -0.25) is 0 Å². The van der Waals surface area contributed by atoms with E-state index in [0.29, 0.717) is 12.8 Å². The van der Waals surface area contributed by atoms with Crippen molar-refractivity contribution in [2.75, 3.05) is 12.3 Å². The molecular weight excluding hydrogens is 319 g/mol. The molecule has 1 aromatic carbocycles. The van der Waals surface area contributed by atoms with E-state index in [1.807, 2.05) is 0 Å². The molecule has 0 unspecified atom stereocenters. The fourth-order valence-electron chi connectivity index (χ4n) is 2.41. The topological polar surface area (TPSA) is 92.4 Å². The van der Waals surface area contributed by atoms with Gasteiger partial charge in [0.25, 0.3) is 0 Å². The second-order valence-electron chi connectivity index (χ2n) is 5.33. The minimum atomic E-state index is -3.83. The highest BCUT2D eigenvalue weighted by molar-refractivity contribution is 7.89. The van der Waals surface area contributed by atoms with Crippen molar-refractivity contribution in [2.24, 2.45) is 5.92 Å². The lowest BCUT2D eigenvalue weighted by Gasteiger charge is -2.25. The number of benzene rings is 1. The Balaban J connectivity index is 2.07. The quantitative estimate of drug-likeness (QED) is 0.732. The molecular formula is C13H18ClFN2O3S. The number of rotatable bonds is 4. The van der Waals surface area contributed by atoms with Crippen molar-refractivity contribution in [3.63, 3.8) is 0 Å². The van der Waals surface area contributed by atoms with Crippen LogP contribution in [0, 0.1) is 11.7 Å². The van der Waals surface area contributed by atoms with E-state index in [1.165, 1.54) is 0 Å². The SMILES string of the molecule is Nc1cc(S(=O)(=O)NCC2CCC(O)CC2)c(Cl)cc1F. The molecule has 1 aliphatic carbocycles. The predicted molar refractivity (Wildman–Crippen MR) is 79.0 cm³/mol. The van der Waals surface area contributed by atoms with Crippen molar-refractivity contribution >= 4 is 27.3 Å². The summed E-state index contributed by atoms with van der Waals surface area (Å²) in [4.78, 5) is -0.223. The molecule has 0 aliphatic heterocycles. The summed E-state index contributed by atoms with van der Waals surface area (Å²) < 4.78 is 40.1. The monoisotopic (exact) mass is 336 g/mol. The lowest BCUT2D eigenvalue weighted by molar-refractivity contribution is 0.109. The molecule has 0 aromatic heterocycles. The first kappa shape index (κ1) is 16.5. The molecule has 0 bridgehead atoms. The summed E-state index contributed by atoms with van der Waals surface area (Å²) >= 11 is 5.78. The van der Waals surface area contributed by atoms with E-state index in [4.69, 9.17) is 17.3 Å². The van der Waals surface area contributed by atoms with Gasteiger partial charge in [0.2, 0.25) is 10.0 Å². The summed E-state index contributed by atoms with van der Waals surface area (Å²) in [5.41, 5.74) is 5.12. The zero-order valence-corrected chi connectivity index (χ0v) is 12.9. The molecule has 5 nitrogen and oxygen atoms in total. The van der Waals surface area contributed by atoms with Gasteiger partial charge in [-0.2, -0.15) is 0 Å². The van der Waals surface area contributed by atoms with Crippen LogP contribution in [0.25, 0.3) is 0 Å². The largest absolute Gasteiger partial charge is 0.396 e. The van der Waals surface area contributed by atoms with Gasteiger partial charge in [-0.05, 0) is 43.7 Å². The van der Waals surface area contributed by atoms with Crippen LogP contribution in [0.3, 0.4) is 0 Å². The number of nitrogens with two attached hydrogens (primary N) is 1. The van der Waals surface area contributed by atoms with Crippen molar-refractivity contribution in [1.29, 1.82) is 0 Å². The first-order valence-electron chi connectivity index (χ1n) is 6.72. The van der Waals surface area contributed by atoms with Crippen LogP contribution >= 0.6 is 11.6 Å². The van der Waals surface area contributed by atoms with Crippen LogP contribution in [-0.4, -0.2) is 26.2 Å². The fraction of sp³-hybridized carbons (Fsp3) is 0.538. The van der Waals surface area contributed by atoms with E-state index in [0.717, 1.165) is 25.0 Å². The van der Waals surface area contributed by atoms with Crippen LogP contribution in [0.2, 0.25) is 5.02 Å². The summed E-state index contributed by atoms with van der Waals surface area (Å²) in [6, 6.07) is 1.91. The van der Waals surface area contributed by atoms with Crippen LogP contribution in [0.1, 0.15) is 25.7 Å². The summed E-state index contributed by atoms with van der Waals surface area (Å²) in [5.74, 6) is -0.569. The molecule has 0 atom stereocenters. The van der Waals surface area contributed by atoms with Crippen molar-refractivity contribution in [3.05, 3.63) is 23.0 Å². The molecule has 4 N–H and O–H groups in total. The first-order chi connectivity index (χ1) is 9.79. The molecule has 0 heterocycles. The maximum Gasteiger partial charge on any atom is 0.242 e. The molecule has 0 amide bonds. The van der Waals surface area contributed by atoms with Crippen molar-refractivity contribution in [2.45, 2.75) is 36.7 Å². The van der Waals surface area contributed by atoms with E-state index in [1.54, 1.807) is 0 Å². The third-order valence-corrected chi connectivity index (χ3v) is 5.61. The lowest BCUT2D eigenvalue weighted by atomic mass is 9.88. The summed E-state index contributed by atoms with van der Waals surface area (Å²) in [7, 11) is -3.83. The van der Waals surface area contributed by atoms with Crippen LogP contribution in [0.5, 0.6) is 0 Å². The smallest absolute Gasteiger partial charge is 0.242 e. The molecule has 8 heteroatoms. The average Bonchev–Trinajstić information content (AvgIpc) is 2.42. The second-order valence-corrected chi connectivity index (χ2v) is 7.47. The number of halogens is 2. The van der Waals surface area contributed by atoms with Crippen molar-refractivity contribution in [1.82, 2.24) is 4.72 Å². The Morgan fingerprint density at radius 3 is 2.57 bits per heavy atom. The van der Waals surface area contributed by atoms with Crippen LogP contribution in [0.4, 0.5) is 10.1 Å². The Hall–Kier alpha value is -0.890. The number of aliphatic hydroxyl groups is 1. The van der Waals surface area contributed by atoms with Gasteiger partial charge >= 0.3 is 0 Å². The third-order valence-electron chi connectivity index (χ3n) is 3.72. The van der Waals surface area contributed by atoms with Crippen molar-refractivity contribution in [3.8, 4) is 0 Å². The van der Waals surface area contributed by atoms with Gasteiger partial charge in [0.1, 0.15) is 10.7 Å². The van der Waals surface area contributed by atoms with E-state index in [2.05, 4.69) is 4.72 Å². The standard InChI is InChI=1S/C13H18ClFN2O3S/c14-10-5-11(15)12(16)6-13(10)21(19,20)17-7-8-1-3-9(18)4-2-8/h5-6,8-9,17-18H,1-4,7,16H2. The number of anilines is 1. The molecule has 0 spiro atoms. The molecule has 1 aliphatic rings. The Morgan fingerprint density at radius 2 is 1.95 bits per heavy atom. The van der Waals surface area contributed by atoms with Gasteiger partial charge in [-0.1, -0.05) is 11.6 Å². The zero-order chi connectivity index (χ0) is 15.6. The molecule has 1 fully saturated rings. The van der Waals surface area contributed by atoms with Gasteiger partial charge in [0, 0.05) is 6.54 Å². The highest BCUT2D eigenvalue weighted by Crippen LogP contribution is 2.27. The number of sulfonamides is 1. The normalized spacial score (nSPS) is 23.2. The maximum atomic E-state index is 13.2. The number of hydrogen-bond acceptors (Lipinski definition) is 4. The molecule has 118 valence electrons. The second kappa shape index (κ2) is 6.48. The highest BCUT2D eigenvalue weighted by Gasteiger charge is 2.24. The highest BCUT2D eigenvalue weighted by atomic mass is 35.5. The third kappa shape index (κ3) is 4.06. The van der Waals surface area contributed by atoms with Gasteiger partial charge in [-0.25, -0.2) is 17.5 Å². The first-order valence-corrected chi connectivity index (χ1v) is 8.58. The van der Waals surface area contributed by atoms with E-state index < -0.39 is 15.8 Å². The summed E-state index contributed by atoms with van der Waals surface area (Å²) in [6.45, 7) is 0.267. The fourth-order valence-corrected chi connectivity index (χ4v) is 4.07. The minimum absolute atomic E-state index is 0.180. The van der Waals surface area contributed by atoms with Gasteiger partial charge < -0.3 is 10.8 Å². The molecule has 0 saturated heterocycles. The number of nitrogens with one attached hydrogen (secondary N) is 1. The van der Waals surface area contributed by atoms with Gasteiger partial charge in [0.15, 0.2) is 0 Å². The summed E-state index contributed by atoms with van der Waals surface area (Å²) in [5, 5.41) is 9.22. The number of hydrogen-bond donors (Lipinski definition) is 3. The Kier molecular flexibility index (Phi) is 5.08. The van der Waals surface area contributed by atoms with Crippen molar-refractivity contribution < 1.29 is 17.9 Å². The Bertz CT molecular complexity index is 616. The molecule has 1 aromatic rings. The molecule has 21 heavy (non-hydrogen) atoms. The predicted octanol–water partition coefficient (Wildman–Crippen LogP) is 1.89. The summed E-state index contributed by atoms with van der Waals surface area (Å²) in [6.07, 6.45) is 2.60. The average molecular weight is 337 g/mol. The number of aliphatic hydroxyl groups excluding tert-OH is 1. The van der Waals surface area contributed by atoms with Gasteiger partial charge in [-0.15, -0.1) is 0 Å². The number of nitrogen functional groups attached to an aromatic ring is 1. The van der Waals surface area contributed by atoms with Crippen LogP contribution in [-0.2, 0) is 10.0 Å². The van der Waals surface area contributed by atoms with E-state index in [9.17, 15) is 17.9 Å². The van der Waals surface area contributed by atoms with Crippen LogP contribution < -0.4 is 10.5 Å². The van der Waals surface area contributed by atoms with Gasteiger partial charge in [0.05, 0.1) is 16.8 Å². The Labute approximate surface area is 128 Å². The molecule has 1 saturated carbocycles. The molecule has 0 radical (unpaired) electrons. The van der Waals surface area contributed by atoms with E-state index in [-0.39, 0.29) is 34.2 Å². The Morgan fingerprint density at radius 1 is 1.33 bits per heavy atom. The van der Waals surface area contributed by atoms with E-state index >= 15 is 0 Å². The molecule has 2 rings (SSSR count). The maximum absolute atomic E-state index is 13.2. The zero-order valence-electron chi connectivity index (χ0n) is 11.4.